The number of hydrogen-bond donors (Lipinski definition) is 1. The quantitative estimate of drug-likeness (QED) is 0.868. The van der Waals surface area contributed by atoms with E-state index in [1.54, 1.807) is 0 Å². The summed E-state index contributed by atoms with van der Waals surface area (Å²) >= 11 is 0. The monoisotopic (exact) mass is 259 g/mol. The van der Waals surface area contributed by atoms with Gasteiger partial charge in [-0.05, 0) is 50.7 Å². The van der Waals surface area contributed by atoms with E-state index in [9.17, 15) is 0 Å². The van der Waals surface area contributed by atoms with E-state index in [1.165, 1.54) is 50.1 Å². The smallest absolute Gasteiger partial charge is 0.0452 e. The highest BCUT2D eigenvalue weighted by atomic mass is 15.2. The summed E-state index contributed by atoms with van der Waals surface area (Å²) in [4.78, 5) is 5.07. The molecular formula is C16H25N3. The average Bonchev–Trinajstić information content (AvgIpc) is 2.64. The molecule has 0 saturated carbocycles. The second-order valence-corrected chi connectivity index (χ2v) is 5.91. The van der Waals surface area contributed by atoms with Crippen molar-refractivity contribution < 1.29 is 0 Å². The maximum atomic E-state index is 3.70. The predicted octanol–water partition coefficient (Wildman–Crippen LogP) is 1.51. The fourth-order valence-electron chi connectivity index (χ4n) is 3.30. The van der Waals surface area contributed by atoms with Gasteiger partial charge in [0.15, 0.2) is 0 Å². The standard InChI is InChI=1S/C16H25N3/c1-18-9-4-10-19(12-11-18)13-16-15-6-3-2-5-14(15)7-8-17-16/h2-3,5-6,16-17H,4,7-13H2,1H3. The van der Waals surface area contributed by atoms with Crippen LogP contribution in [0.2, 0.25) is 0 Å². The highest BCUT2D eigenvalue weighted by molar-refractivity contribution is 5.32. The molecule has 0 bridgehead atoms. The van der Waals surface area contributed by atoms with Gasteiger partial charge in [-0.2, -0.15) is 0 Å². The number of nitrogens with one attached hydrogen (secondary N) is 1. The Bertz CT molecular complexity index is 418. The highest BCUT2D eigenvalue weighted by Gasteiger charge is 2.22. The molecule has 2 aliphatic heterocycles. The maximum Gasteiger partial charge on any atom is 0.0452 e. The Morgan fingerprint density at radius 2 is 2.05 bits per heavy atom. The third-order valence-electron chi connectivity index (χ3n) is 4.47. The molecule has 1 atom stereocenters. The van der Waals surface area contributed by atoms with Crippen LogP contribution in [0.15, 0.2) is 24.3 Å². The molecule has 0 aromatic heterocycles. The summed E-state index contributed by atoms with van der Waals surface area (Å²) in [6, 6.07) is 9.46. The van der Waals surface area contributed by atoms with E-state index >= 15 is 0 Å². The first-order chi connectivity index (χ1) is 9.33. The van der Waals surface area contributed by atoms with E-state index in [-0.39, 0.29) is 0 Å². The Kier molecular flexibility index (Phi) is 4.16. The Hall–Kier alpha value is -0.900. The third kappa shape index (κ3) is 3.16. The normalized spacial score (nSPS) is 25.8. The molecule has 1 N–H and O–H groups in total. The van der Waals surface area contributed by atoms with Crippen molar-refractivity contribution in [2.45, 2.75) is 18.9 Å². The van der Waals surface area contributed by atoms with E-state index < -0.39 is 0 Å². The van der Waals surface area contributed by atoms with Gasteiger partial charge in [0, 0.05) is 25.7 Å². The lowest BCUT2D eigenvalue weighted by molar-refractivity contribution is 0.244. The number of rotatable bonds is 2. The zero-order chi connectivity index (χ0) is 13.1. The molecule has 104 valence electrons. The number of hydrogen-bond acceptors (Lipinski definition) is 3. The first kappa shape index (κ1) is 13.1. The van der Waals surface area contributed by atoms with Crippen molar-refractivity contribution in [3.05, 3.63) is 35.4 Å². The molecule has 3 rings (SSSR count). The summed E-state index contributed by atoms with van der Waals surface area (Å²) in [5, 5.41) is 3.70. The van der Waals surface area contributed by atoms with Crippen LogP contribution < -0.4 is 5.32 Å². The minimum Gasteiger partial charge on any atom is -0.309 e. The number of fused-ring (bicyclic) bond motifs is 1. The first-order valence-electron chi connectivity index (χ1n) is 7.55. The molecule has 1 aromatic rings. The van der Waals surface area contributed by atoms with Gasteiger partial charge in [-0.3, -0.25) is 0 Å². The zero-order valence-corrected chi connectivity index (χ0v) is 11.9. The minimum absolute atomic E-state index is 0.522. The van der Waals surface area contributed by atoms with Crippen molar-refractivity contribution in [3.63, 3.8) is 0 Å². The van der Waals surface area contributed by atoms with E-state index in [0.29, 0.717) is 6.04 Å². The lowest BCUT2D eigenvalue weighted by Crippen LogP contribution is -2.40. The van der Waals surface area contributed by atoms with Crippen molar-refractivity contribution in [3.8, 4) is 0 Å². The second-order valence-electron chi connectivity index (χ2n) is 5.91. The third-order valence-corrected chi connectivity index (χ3v) is 4.47. The summed E-state index contributed by atoms with van der Waals surface area (Å²) in [6.45, 7) is 7.17. The van der Waals surface area contributed by atoms with Gasteiger partial charge in [-0.25, -0.2) is 0 Å². The zero-order valence-electron chi connectivity index (χ0n) is 11.9. The van der Waals surface area contributed by atoms with Crippen molar-refractivity contribution in [1.29, 1.82) is 0 Å². The van der Waals surface area contributed by atoms with Gasteiger partial charge in [-0.1, -0.05) is 24.3 Å². The summed E-state index contributed by atoms with van der Waals surface area (Å²) in [5.41, 5.74) is 3.06. The second kappa shape index (κ2) is 6.04. The summed E-state index contributed by atoms with van der Waals surface area (Å²) in [6.07, 6.45) is 2.47. The van der Waals surface area contributed by atoms with Gasteiger partial charge in [0.25, 0.3) is 0 Å². The van der Waals surface area contributed by atoms with Crippen LogP contribution in [0.5, 0.6) is 0 Å². The lowest BCUT2D eigenvalue weighted by Gasteiger charge is -2.31. The molecule has 0 radical (unpaired) electrons. The van der Waals surface area contributed by atoms with E-state index in [1.807, 2.05) is 0 Å². The Labute approximate surface area is 116 Å². The van der Waals surface area contributed by atoms with E-state index in [4.69, 9.17) is 0 Å². The molecule has 1 fully saturated rings. The molecule has 3 nitrogen and oxygen atoms in total. The molecular weight excluding hydrogens is 234 g/mol. The van der Waals surface area contributed by atoms with Gasteiger partial charge >= 0.3 is 0 Å². The molecule has 2 aliphatic rings. The summed E-state index contributed by atoms with van der Waals surface area (Å²) < 4.78 is 0. The van der Waals surface area contributed by atoms with Crippen molar-refractivity contribution in [2.24, 2.45) is 0 Å². The summed E-state index contributed by atoms with van der Waals surface area (Å²) in [5.74, 6) is 0. The Morgan fingerprint density at radius 1 is 1.16 bits per heavy atom. The number of likely N-dealkylation sites (N-methyl/N-ethyl adjacent to an activating group) is 1. The Balaban J connectivity index is 1.67. The van der Waals surface area contributed by atoms with Crippen molar-refractivity contribution >= 4 is 0 Å². The van der Waals surface area contributed by atoms with Crippen LogP contribution in [-0.4, -0.2) is 56.1 Å². The van der Waals surface area contributed by atoms with Gasteiger partial charge < -0.3 is 15.1 Å². The molecule has 1 saturated heterocycles. The van der Waals surface area contributed by atoms with Crippen molar-refractivity contribution in [2.75, 3.05) is 46.3 Å². The van der Waals surface area contributed by atoms with Crippen LogP contribution in [0.4, 0.5) is 0 Å². The van der Waals surface area contributed by atoms with Crippen LogP contribution in [-0.2, 0) is 6.42 Å². The van der Waals surface area contributed by atoms with Crippen LogP contribution in [0.1, 0.15) is 23.6 Å². The molecule has 1 aromatic carbocycles. The molecule has 19 heavy (non-hydrogen) atoms. The van der Waals surface area contributed by atoms with Crippen molar-refractivity contribution in [1.82, 2.24) is 15.1 Å². The SMILES string of the molecule is CN1CCCN(CC2NCCc3ccccc32)CC1. The predicted molar refractivity (Wildman–Crippen MR) is 79.4 cm³/mol. The topological polar surface area (TPSA) is 18.5 Å². The Morgan fingerprint density at radius 3 is 3.00 bits per heavy atom. The van der Waals surface area contributed by atoms with Crippen LogP contribution in [0.3, 0.4) is 0 Å². The molecule has 3 heteroatoms. The highest BCUT2D eigenvalue weighted by Crippen LogP contribution is 2.23. The van der Waals surface area contributed by atoms with Gasteiger partial charge in [0.1, 0.15) is 0 Å². The molecule has 2 heterocycles. The number of nitrogens with zero attached hydrogens (tertiary/aromatic N) is 2. The number of benzene rings is 1. The molecule has 0 amide bonds. The largest absolute Gasteiger partial charge is 0.309 e. The first-order valence-corrected chi connectivity index (χ1v) is 7.55. The van der Waals surface area contributed by atoms with Crippen LogP contribution in [0.25, 0.3) is 0 Å². The molecule has 1 unspecified atom stereocenters. The average molecular weight is 259 g/mol. The fraction of sp³-hybridized carbons (Fsp3) is 0.625. The van der Waals surface area contributed by atoms with Gasteiger partial charge in [-0.15, -0.1) is 0 Å². The fourth-order valence-corrected chi connectivity index (χ4v) is 3.30. The molecule has 0 aliphatic carbocycles. The van der Waals surface area contributed by atoms with Gasteiger partial charge in [0.05, 0.1) is 0 Å². The van der Waals surface area contributed by atoms with Gasteiger partial charge in [0.2, 0.25) is 0 Å². The van der Waals surface area contributed by atoms with Crippen LogP contribution in [0, 0.1) is 0 Å². The summed E-state index contributed by atoms with van der Waals surface area (Å²) in [7, 11) is 2.23. The molecule has 0 spiro atoms. The maximum absolute atomic E-state index is 3.70. The van der Waals surface area contributed by atoms with E-state index in [0.717, 1.165) is 13.1 Å². The van der Waals surface area contributed by atoms with E-state index in [2.05, 4.69) is 46.4 Å². The van der Waals surface area contributed by atoms with Crippen LogP contribution >= 0.6 is 0 Å². The minimum atomic E-state index is 0.522. The lowest BCUT2D eigenvalue weighted by atomic mass is 9.94.